The smallest absolute Gasteiger partial charge is 0.224 e. The van der Waals surface area contributed by atoms with Crippen molar-refractivity contribution in [3.63, 3.8) is 0 Å². The number of anilines is 2. The molecule has 0 spiro atoms. The topological polar surface area (TPSA) is 58.8 Å². The number of hydrogen-bond acceptors (Lipinski definition) is 4. The van der Waals surface area contributed by atoms with Gasteiger partial charge >= 0.3 is 0 Å². The van der Waals surface area contributed by atoms with Gasteiger partial charge in [-0.3, -0.25) is 4.79 Å². The van der Waals surface area contributed by atoms with Crippen molar-refractivity contribution in [2.24, 2.45) is 0 Å². The molecule has 2 aromatic carbocycles. The van der Waals surface area contributed by atoms with Crippen LogP contribution in [0, 0.1) is 0 Å². The van der Waals surface area contributed by atoms with Gasteiger partial charge in [-0.25, -0.2) is 0 Å². The molecule has 3 rings (SSSR count). The first kappa shape index (κ1) is 22.2. The minimum absolute atomic E-state index is 0.0480. The lowest BCUT2D eigenvalue weighted by molar-refractivity contribution is -0.117. The number of hydrogen-bond donors (Lipinski definition) is 1. The molecule has 1 amide bonds. The van der Waals surface area contributed by atoms with Gasteiger partial charge in [0.05, 0.1) is 0 Å². The standard InChI is InChI=1S/C25H35N3O2/c1-17(27(6)7)15-30-21-11-8-19(9-12-21)25(5)16-24(3,4)28(18(2)29)23-13-10-20(26)14-22(23)25/h8-14,17H,15-16,26H2,1-7H3. The summed E-state index contributed by atoms with van der Waals surface area (Å²) in [5, 5.41) is 0. The molecule has 0 fully saturated rings. The molecule has 5 heteroatoms. The van der Waals surface area contributed by atoms with Crippen molar-refractivity contribution < 1.29 is 9.53 Å². The lowest BCUT2D eigenvalue weighted by atomic mass is 9.65. The third-order valence-corrected chi connectivity index (χ3v) is 6.43. The average Bonchev–Trinajstić information content (AvgIpc) is 2.66. The Morgan fingerprint density at radius 2 is 1.80 bits per heavy atom. The van der Waals surface area contributed by atoms with Crippen LogP contribution >= 0.6 is 0 Å². The van der Waals surface area contributed by atoms with Gasteiger partial charge in [-0.05, 0) is 82.7 Å². The molecule has 2 aromatic rings. The number of nitrogens with zero attached hydrogens (tertiary/aromatic N) is 2. The maximum Gasteiger partial charge on any atom is 0.224 e. The van der Waals surface area contributed by atoms with Gasteiger partial charge < -0.3 is 20.3 Å². The van der Waals surface area contributed by atoms with E-state index in [4.69, 9.17) is 10.5 Å². The van der Waals surface area contributed by atoms with Crippen LogP contribution in [0.1, 0.15) is 52.2 Å². The largest absolute Gasteiger partial charge is 0.492 e. The maximum absolute atomic E-state index is 12.5. The fourth-order valence-corrected chi connectivity index (χ4v) is 4.69. The van der Waals surface area contributed by atoms with E-state index in [1.807, 2.05) is 35.2 Å². The molecule has 1 aliphatic rings. The van der Waals surface area contributed by atoms with Crippen LogP contribution in [0.3, 0.4) is 0 Å². The summed E-state index contributed by atoms with van der Waals surface area (Å²) in [5.74, 6) is 0.913. The van der Waals surface area contributed by atoms with Crippen LogP contribution in [0.25, 0.3) is 0 Å². The van der Waals surface area contributed by atoms with Crippen LogP contribution in [-0.2, 0) is 10.2 Å². The van der Waals surface area contributed by atoms with Gasteiger partial charge in [-0.1, -0.05) is 19.1 Å². The van der Waals surface area contributed by atoms with Crippen molar-refractivity contribution in [1.82, 2.24) is 4.90 Å². The van der Waals surface area contributed by atoms with Gasteiger partial charge in [0.15, 0.2) is 0 Å². The summed E-state index contributed by atoms with van der Waals surface area (Å²) in [4.78, 5) is 16.6. The number of likely N-dealkylation sites (N-methyl/N-ethyl adjacent to an activating group) is 1. The molecule has 0 saturated heterocycles. The van der Waals surface area contributed by atoms with Crippen molar-refractivity contribution in [2.75, 3.05) is 31.3 Å². The lowest BCUT2D eigenvalue weighted by Crippen LogP contribution is -2.55. The number of carbonyl (C=O) groups excluding carboxylic acids is 1. The quantitative estimate of drug-likeness (QED) is 0.742. The molecule has 2 atom stereocenters. The summed E-state index contributed by atoms with van der Waals surface area (Å²) in [6.07, 6.45) is 0.800. The number of rotatable bonds is 5. The molecule has 5 nitrogen and oxygen atoms in total. The summed E-state index contributed by atoms with van der Waals surface area (Å²) >= 11 is 0. The monoisotopic (exact) mass is 409 g/mol. The van der Waals surface area contributed by atoms with Crippen molar-refractivity contribution in [2.45, 2.75) is 58.0 Å². The second-order valence-corrected chi connectivity index (χ2v) is 9.60. The van der Waals surface area contributed by atoms with Gasteiger partial charge in [0.1, 0.15) is 12.4 Å². The Morgan fingerprint density at radius 1 is 1.17 bits per heavy atom. The Balaban J connectivity index is 1.99. The van der Waals surface area contributed by atoms with Crippen molar-refractivity contribution in [1.29, 1.82) is 0 Å². The third kappa shape index (κ3) is 4.04. The summed E-state index contributed by atoms with van der Waals surface area (Å²) in [6.45, 7) is 10.9. The molecule has 0 aliphatic carbocycles. The molecular formula is C25H35N3O2. The number of nitrogens with two attached hydrogens (primary N) is 1. The molecular weight excluding hydrogens is 374 g/mol. The van der Waals surface area contributed by atoms with E-state index in [1.165, 1.54) is 5.56 Å². The number of benzene rings is 2. The molecule has 0 saturated carbocycles. The van der Waals surface area contributed by atoms with Crippen LogP contribution in [0.5, 0.6) is 5.75 Å². The first-order valence-corrected chi connectivity index (χ1v) is 10.6. The molecule has 30 heavy (non-hydrogen) atoms. The van der Waals surface area contributed by atoms with E-state index in [1.54, 1.807) is 6.92 Å². The van der Waals surface area contributed by atoms with E-state index >= 15 is 0 Å². The van der Waals surface area contributed by atoms with Gasteiger partial charge in [-0.2, -0.15) is 0 Å². The molecule has 1 aliphatic heterocycles. The van der Waals surface area contributed by atoms with Gasteiger partial charge in [0, 0.05) is 35.3 Å². The Bertz CT molecular complexity index is 920. The van der Waals surface area contributed by atoms with E-state index in [9.17, 15) is 4.79 Å². The highest BCUT2D eigenvalue weighted by molar-refractivity contribution is 5.95. The molecule has 0 aromatic heterocycles. The minimum atomic E-state index is -0.319. The second kappa shape index (κ2) is 7.95. The molecule has 2 unspecified atom stereocenters. The van der Waals surface area contributed by atoms with E-state index < -0.39 is 0 Å². The number of carbonyl (C=O) groups is 1. The van der Waals surface area contributed by atoms with Gasteiger partial charge in [0.2, 0.25) is 5.91 Å². The number of fused-ring (bicyclic) bond motifs is 1. The Morgan fingerprint density at radius 3 is 2.37 bits per heavy atom. The summed E-state index contributed by atoms with van der Waals surface area (Å²) in [7, 11) is 4.10. The van der Waals surface area contributed by atoms with Crippen LogP contribution in [0.15, 0.2) is 42.5 Å². The SMILES string of the molecule is CC(=O)N1c2ccc(N)cc2C(C)(c2ccc(OCC(C)N(C)C)cc2)CC1(C)C. The van der Waals surface area contributed by atoms with Crippen molar-refractivity contribution in [3.8, 4) is 5.75 Å². The Kier molecular flexibility index (Phi) is 5.87. The molecule has 2 N–H and O–H groups in total. The van der Waals surface area contributed by atoms with E-state index in [2.05, 4.69) is 58.8 Å². The molecule has 162 valence electrons. The second-order valence-electron chi connectivity index (χ2n) is 9.60. The average molecular weight is 410 g/mol. The molecule has 0 radical (unpaired) electrons. The number of nitrogen functional groups attached to an aromatic ring is 1. The fourth-order valence-electron chi connectivity index (χ4n) is 4.69. The van der Waals surface area contributed by atoms with Crippen molar-refractivity contribution >= 4 is 17.3 Å². The van der Waals surface area contributed by atoms with Crippen LogP contribution in [0.4, 0.5) is 11.4 Å². The van der Waals surface area contributed by atoms with Gasteiger partial charge in [-0.15, -0.1) is 0 Å². The zero-order valence-corrected chi connectivity index (χ0v) is 19.3. The van der Waals surface area contributed by atoms with Crippen molar-refractivity contribution in [3.05, 3.63) is 53.6 Å². The van der Waals surface area contributed by atoms with E-state index in [0.717, 1.165) is 23.4 Å². The predicted octanol–water partition coefficient (Wildman–Crippen LogP) is 4.44. The van der Waals surface area contributed by atoms with Crippen LogP contribution < -0.4 is 15.4 Å². The zero-order chi connectivity index (χ0) is 22.3. The third-order valence-electron chi connectivity index (χ3n) is 6.43. The highest BCUT2D eigenvalue weighted by Gasteiger charge is 2.47. The lowest BCUT2D eigenvalue weighted by Gasteiger charge is -2.51. The molecule has 1 heterocycles. The van der Waals surface area contributed by atoms with Gasteiger partial charge in [0.25, 0.3) is 0 Å². The van der Waals surface area contributed by atoms with E-state index in [-0.39, 0.29) is 16.9 Å². The number of amides is 1. The summed E-state index contributed by atoms with van der Waals surface area (Å²) in [5.41, 5.74) is 9.50. The van der Waals surface area contributed by atoms with Crippen LogP contribution in [0.2, 0.25) is 0 Å². The predicted molar refractivity (Wildman–Crippen MR) is 124 cm³/mol. The number of ether oxygens (including phenoxy) is 1. The highest BCUT2D eigenvalue weighted by atomic mass is 16.5. The fraction of sp³-hybridized carbons (Fsp3) is 0.480. The first-order chi connectivity index (χ1) is 14.0. The normalized spacial score (nSPS) is 21.3. The highest BCUT2D eigenvalue weighted by Crippen LogP contribution is 2.51. The Hall–Kier alpha value is -2.53. The minimum Gasteiger partial charge on any atom is -0.492 e. The summed E-state index contributed by atoms with van der Waals surface area (Å²) in [6, 6.07) is 14.6. The maximum atomic E-state index is 12.5. The first-order valence-electron chi connectivity index (χ1n) is 10.6. The Labute approximate surface area is 180 Å². The molecule has 0 bridgehead atoms. The van der Waals surface area contributed by atoms with Crippen LogP contribution in [-0.4, -0.2) is 43.1 Å². The summed E-state index contributed by atoms with van der Waals surface area (Å²) < 4.78 is 5.97. The zero-order valence-electron chi connectivity index (χ0n) is 19.3. The van der Waals surface area contributed by atoms with E-state index in [0.29, 0.717) is 18.3 Å².